The Balaban J connectivity index is 1.74. The summed E-state index contributed by atoms with van der Waals surface area (Å²) in [5, 5.41) is 22.1. The van der Waals surface area contributed by atoms with E-state index in [2.05, 4.69) is 5.32 Å². The highest BCUT2D eigenvalue weighted by Gasteiger charge is 2.47. The quantitative estimate of drug-likeness (QED) is 0.800. The van der Waals surface area contributed by atoms with E-state index < -0.39 is 0 Å². The van der Waals surface area contributed by atoms with Crippen LogP contribution in [0.4, 0.5) is 0 Å². The Hall–Kier alpha value is -1.26. The van der Waals surface area contributed by atoms with Crippen molar-refractivity contribution < 1.29 is 15.0 Å². The highest BCUT2D eigenvalue weighted by molar-refractivity contribution is 6.32. The number of amides is 1. The van der Waals surface area contributed by atoms with Gasteiger partial charge in [0.25, 0.3) is 5.91 Å². The summed E-state index contributed by atoms with van der Waals surface area (Å²) < 4.78 is 0. The number of halogens is 1. The molecule has 0 aliphatic heterocycles. The third-order valence-corrected chi connectivity index (χ3v) is 5.11. The summed E-state index contributed by atoms with van der Waals surface area (Å²) in [6, 6.07) is 4.49. The molecule has 2 bridgehead atoms. The topological polar surface area (TPSA) is 69.6 Å². The van der Waals surface area contributed by atoms with Crippen LogP contribution in [0.15, 0.2) is 18.2 Å². The molecule has 3 N–H and O–H groups in total. The third kappa shape index (κ3) is 2.27. The largest absolute Gasteiger partial charge is 0.506 e. The lowest BCUT2D eigenvalue weighted by atomic mass is 9.85. The summed E-state index contributed by atoms with van der Waals surface area (Å²) >= 11 is 5.82. The van der Waals surface area contributed by atoms with Crippen molar-refractivity contribution in [3.63, 3.8) is 0 Å². The molecule has 5 heteroatoms. The van der Waals surface area contributed by atoms with Crippen molar-refractivity contribution in [2.24, 2.45) is 17.8 Å². The Morgan fingerprint density at radius 1 is 1.35 bits per heavy atom. The van der Waals surface area contributed by atoms with Gasteiger partial charge in [0, 0.05) is 24.1 Å². The number of aromatic hydroxyl groups is 1. The highest BCUT2D eigenvalue weighted by atomic mass is 35.5. The van der Waals surface area contributed by atoms with Crippen molar-refractivity contribution in [1.82, 2.24) is 5.32 Å². The van der Waals surface area contributed by atoms with E-state index in [1.165, 1.54) is 12.1 Å². The summed E-state index contributed by atoms with van der Waals surface area (Å²) in [5.74, 6) is 0.969. The second-order valence-corrected chi connectivity index (χ2v) is 6.25. The average Bonchev–Trinajstić information content (AvgIpc) is 3.02. The minimum Gasteiger partial charge on any atom is -0.506 e. The van der Waals surface area contributed by atoms with E-state index in [4.69, 9.17) is 11.6 Å². The monoisotopic (exact) mass is 295 g/mol. The predicted octanol–water partition coefficient (Wildman–Crippen LogP) is 2.18. The maximum Gasteiger partial charge on any atom is 0.251 e. The lowest BCUT2D eigenvalue weighted by Gasteiger charge is -2.30. The summed E-state index contributed by atoms with van der Waals surface area (Å²) in [6.07, 6.45) is 3.39. The van der Waals surface area contributed by atoms with Gasteiger partial charge in [-0.05, 0) is 49.3 Å². The minimum absolute atomic E-state index is 0.0311. The van der Waals surface area contributed by atoms with E-state index in [1.54, 1.807) is 6.07 Å². The van der Waals surface area contributed by atoms with E-state index in [-0.39, 0.29) is 35.2 Å². The molecule has 2 aliphatic rings. The molecule has 1 aromatic rings. The fourth-order valence-electron chi connectivity index (χ4n) is 3.78. The maximum absolute atomic E-state index is 12.3. The Morgan fingerprint density at radius 2 is 2.10 bits per heavy atom. The van der Waals surface area contributed by atoms with Gasteiger partial charge in [0.1, 0.15) is 5.75 Å². The molecule has 4 nitrogen and oxygen atoms in total. The van der Waals surface area contributed by atoms with Crippen LogP contribution in [0.1, 0.15) is 29.6 Å². The number of phenols is 1. The fraction of sp³-hybridized carbons (Fsp3) is 0.533. The number of nitrogens with one attached hydrogen (secondary N) is 1. The smallest absolute Gasteiger partial charge is 0.251 e. The van der Waals surface area contributed by atoms with E-state index in [1.807, 2.05) is 0 Å². The number of phenolic OH excluding ortho intramolecular Hbond substituents is 1. The van der Waals surface area contributed by atoms with Crippen LogP contribution < -0.4 is 5.32 Å². The van der Waals surface area contributed by atoms with Crippen molar-refractivity contribution in [1.29, 1.82) is 0 Å². The SMILES string of the molecule is O=C(NC1C2CCC(C2)C1CO)c1ccc(O)c(Cl)c1. The van der Waals surface area contributed by atoms with Crippen molar-refractivity contribution in [3.05, 3.63) is 28.8 Å². The highest BCUT2D eigenvalue weighted by Crippen LogP contribution is 2.48. The summed E-state index contributed by atoms with van der Waals surface area (Å²) in [6.45, 7) is 0.127. The number of aliphatic hydroxyl groups excluding tert-OH is 1. The van der Waals surface area contributed by atoms with Crippen LogP contribution >= 0.6 is 11.6 Å². The molecule has 0 saturated heterocycles. The van der Waals surface area contributed by atoms with Gasteiger partial charge in [-0.15, -0.1) is 0 Å². The van der Waals surface area contributed by atoms with Crippen molar-refractivity contribution in [2.75, 3.05) is 6.61 Å². The van der Waals surface area contributed by atoms with Crippen molar-refractivity contribution >= 4 is 17.5 Å². The van der Waals surface area contributed by atoms with Gasteiger partial charge in [-0.1, -0.05) is 11.6 Å². The molecule has 2 fully saturated rings. The molecule has 0 aromatic heterocycles. The van der Waals surface area contributed by atoms with Gasteiger partial charge in [-0.2, -0.15) is 0 Å². The zero-order chi connectivity index (χ0) is 14.3. The zero-order valence-electron chi connectivity index (χ0n) is 11.1. The number of fused-ring (bicyclic) bond motifs is 2. The lowest BCUT2D eigenvalue weighted by molar-refractivity contribution is 0.0861. The van der Waals surface area contributed by atoms with Crippen LogP contribution in [0.3, 0.4) is 0 Å². The lowest BCUT2D eigenvalue weighted by Crippen LogP contribution is -2.45. The van der Waals surface area contributed by atoms with Gasteiger partial charge >= 0.3 is 0 Å². The van der Waals surface area contributed by atoms with Crippen LogP contribution in [-0.2, 0) is 0 Å². The molecular weight excluding hydrogens is 278 g/mol. The molecule has 3 rings (SSSR count). The molecular formula is C15H18ClNO3. The van der Waals surface area contributed by atoms with Crippen LogP contribution in [0.2, 0.25) is 5.02 Å². The number of carbonyl (C=O) groups excluding carboxylic acids is 1. The summed E-state index contributed by atoms with van der Waals surface area (Å²) in [4.78, 5) is 12.3. The number of hydrogen-bond acceptors (Lipinski definition) is 3. The van der Waals surface area contributed by atoms with Gasteiger partial charge in [-0.25, -0.2) is 0 Å². The number of rotatable bonds is 3. The first-order valence-corrected chi connectivity index (χ1v) is 7.38. The minimum atomic E-state index is -0.192. The van der Waals surface area contributed by atoms with E-state index in [9.17, 15) is 15.0 Å². The van der Waals surface area contributed by atoms with Gasteiger partial charge in [0.2, 0.25) is 0 Å². The van der Waals surface area contributed by atoms with Gasteiger partial charge in [-0.3, -0.25) is 4.79 Å². The third-order valence-electron chi connectivity index (χ3n) is 4.81. The normalized spacial score (nSPS) is 31.5. The van der Waals surface area contributed by atoms with E-state index >= 15 is 0 Å². The second-order valence-electron chi connectivity index (χ2n) is 5.85. The molecule has 4 unspecified atom stereocenters. The van der Waals surface area contributed by atoms with Gasteiger partial charge < -0.3 is 15.5 Å². The Bertz CT molecular complexity index is 534. The maximum atomic E-state index is 12.3. The first-order valence-electron chi connectivity index (χ1n) is 7.00. The number of hydrogen-bond donors (Lipinski definition) is 3. The van der Waals surface area contributed by atoms with Crippen molar-refractivity contribution in [2.45, 2.75) is 25.3 Å². The molecule has 20 heavy (non-hydrogen) atoms. The van der Waals surface area contributed by atoms with E-state index in [0.29, 0.717) is 17.4 Å². The fourth-order valence-corrected chi connectivity index (χ4v) is 3.96. The Morgan fingerprint density at radius 3 is 2.80 bits per heavy atom. The summed E-state index contributed by atoms with van der Waals surface area (Å²) in [7, 11) is 0. The summed E-state index contributed by atoms with van der Waals surface area (Å²) in [5.41, 5.74) is 0.437. The van der Waals surface area contributed by atoms with Crippen LogP contribution in [0.5, 0.6) is 5.75 Å². The van der Waals surface area contributed by atoms with Crippen molar-refractivity contribution in [3.8, 4) is 5.75 Å². The predicted molar refractivity (Wildman–Crippen MR) is 75.8 cm³/mol. The van der Waals surface area contributed by atoms with E-state index in [0.717, 1.165) is 19.3 Å². The Labute approximate surface area is 122 Å². The number of aliphatic hydroxyl groups is 1. The standard InChI is InChI=1S/C15H18ClNO3/c16-12-6-10(3-4-13(12)19)15(20)17-14-9-2-1-8(5-9)11(14)7-18/h3-4,6,8-9,11,14,18-19H,1-2,5,7H2,(H,17,20). The average molecular weight is 296 g/mol. The van der Waals surface area contributed by atoms with Crippen LogP contribution in [0, 0.1) is 17.8 Å². The number of carbonyl (C=O) groups is 1. The first-order chi connectivity index (χ1) is 9.60. The number of benzene rings is 1. The molecule has 1 aromatic carbocycles. The first kappa shape index (κ1) is 13.7. The molecule has 2 aliphatic carbocycles. The van der Waals surface area contributed by atoms with Crippen LogP contribution in [-0.4, -0.2) is 28.8 Å². The van der Waals surface area contributed by atoms with Crippen LogP contribution in [0.25, 0.3) is 0 Å². The molecule has 1 amide bonds. The molecule has 108 valence electrons. The molecule has 0 heterocycles. The molecule has 2 saturated carbocycles. The zero-order valence-corrected chi connectivity index (χ0v) is 11.8. The molecule has 0 spiro atoms. The Kier molecular flexibility index (Phi) is 3.61. The second kappa shape index (κ2) is 5.26. The van der Waals surface area contributed by atoms with Gasteiger partial charge in [0.05, 0.1) is 5.02 Å². The molecule has 0 radical (unpaired) electrons. The molecule has 4 atom stereocenters. The van der Waals surface area contributed by atoms with Gasteiger partial charge in [0.15, 0.2) is 0 Å².